The third kappa shape index (κ3) is 2.31. The number of nitrogens with one attached hydrogen (secondary N) is 2. The van der Waals surface area contributed by atoms with Crippen molar-refractivity contribution in [2.45, 2.75) is 32.2 Å². The number of Topliss-reactive ketones (excluding diaryl/α,β-unsaturated/α-hetero) is 1. The van der Waals surface area contributed by atoms with Crippen LogP contribution in [0.4, 0.5) is 0 Å². The van der Waals surface area contributed by atoms with Gasteiger partial charge >= 0.3 is 0 Å². The molecule has 4 heteroatoms. The molecular weight excluding hydrogens is 252 g/mol. The van der Waals surface area contributed by atoms with Gasteiger partial charge in [0.1, 0.15) is 5.75 Å². The minimum absolute atomic E-state index is 0.0479. The largest absolute Gasteiger partial charge is 0.493 e. The second-order valence-electron chi connectivity index (χ2n) is 5.24. The molecule has 1 unspecified atom stereocenters. The molecule has 0 amide bonds. The van der Waals surface area contributed by atoms with Crippen LogP contribution in [0.5, 0.6) is 5.75 Å². The van der Waals surface area contributed by atoms with E-state index in [0.29, 0.717) is 6.61 Å². The first-order chi connectivity index (χ1) is 9.81. The number of hydrogen-bond acceptors (Lipinski definition) is 3. The van der Waals surface area contributed by atoms with Gasteiger partial charge in [-0.3, -0.25) is 4.79 Å². The second-order valence-corrected chi connectivity index (χ2v) is 5.24. The van der Waals surface area contributed by atoms with Gasteiger partial charge in [-0.05, 0) is 37.9 Å². The smallest absolute Gasteiger partial charge is 0.182 e. The number of rotatable bonds is 5. The number of carbonyl (C=O) groups is 1. The number of aromatic amines is 1. The van der Waals surface area contributed by atoms with E-state index in [0.717, 1.165) is 48.0 Å². The Hall–Kier alpha value is -1.81. The summed E-state index contributed by atoms with van der Waals surface area (Å²) in [6.07, 6.45) is 4.75. The molecule has 2 N–H and O–H groups in total. The standard InChI is InChI=1S/C16H20N2O2/c1-2-9-20-14-7-3-5-12-15(14)11(10-18-12)16(19)13-6-4-8-17-13/h3,5,7,10,13,17-18H,2,4,6,8-9H2,1H3. The van der Waals surface area contributed by atoms with Gasteiger partial charge in [-0.25, -0.2) is 0 Å². The molecule has 0 spiro atoms. The number of aromatic nitrogens is 1. The number of benzene rings is 1. The van der Waals surface area contributed by atoms with Gasteiger partial charge in [0.25, 0.3) is 0 Å². The molecule has 1 aliphatic rings. The Morgan fingerprint density at radius 1 is 1.45 bits per heavy atom. The molecule has 106 valence electrons. The molecule has 4 nitrogen and oxygen atoms in total. The second kappa shape index (κ2) is 5.67. The fraction of sp³-hybridized carbons (Fsp3) is 0.438. The summed E-state index contributed by atoms with van der Waals surface area (Å²) in [5.41, 5.74) is 1.70. The molecule has 1 aromatic carbocycles. The number of fused-ring (bicyclic) bond motifs is 1. The Balaban J connectivity index is 1.99. The van der Waals surface area contributed by atoms with Crippen molar-refractivity contribution in [1.82, 2.24) is 10.3 Å². The summed E-state index contributed by atoms with van der Waals surface area (Å²) in [6, 6.07) is 5.82. The zero-order valence-electron chi connectivity index (χ0n) is 11.7. The van der Waals surface area contributed by atoms with Crippen LogP contribution in [-0.2, 0) is 0 Å². The Labute approximate surface area is 118 Å². The third-order valence-electron chi connectivity index (χ3n) is 3.77. The molecule has 1 aromatic heterocycles. The summed E-state index contributed by atoms with van der Waals surface area (Å²) < 4.78 is 5.79. The molecule has 2 heterocycles. The van der Waals surface area contributed by atoms with Crippen molar-refractivity contribution in [2.24, 2.45) is 0 Å². The maximum Gasteiger partial charge on any atom is 0.182 e. The van der Waals surface area contributed by atoms with Crippen LogP contribution >= 0.6 is 0 Å². The van der Waals surface area contributed by atoms with E-state index in [9.17, 15) is 4.79 Å². The molecule has 2 aromatic rings. The van der Waals surface area contributed by atoms with Gasteiger partial charge < -0.3 is 15.0 Å². The predicted molar refractivity (Wildman–Crippen MR) is 79.4 cm³/mol. The molecule has 3 rings (SSSR count). The minimum Gasteiger partial charge on any atom is -0.493 e. The third-order valence-corrected chi connectivity index (χ3v) is 3.77. The highest BCUT2D eigenvalue weighted by Crippen LogP contribution is 2.30. The summed E-state index contributed by atoms with van der Waals surface area (Å²) in [4.78, 5) is 15.8. The zero-order valence-corrected chi connectivity index (χ0v) is 11.7. The Morgan fingerprint density at radius 3 is 3.10 bits per heavy atom. The normalized spacial score (nSPS) is 18.6. The van der Waals surface area contributed by atoms with E-state index in [4.69, 9.17) is 4.74 Å². The fourth-order valence-electron chi connectivity index (χ4n) is 2.77. The molecule has 1 atom stereocenters. The van der Waals surface area contributed by atoms with Crippen LogP contribution in [0, 0.1) is 0 Å². The number of ketones is 1. The Kier molecular flexibility index (Phi) is 3.74. The lowest BCUT2D eigenvalue weighted by atomic mass is 10.0. The summed E-state index contributed by atoms with van der Waals surface area (Å²) in [5.74, 6) is 0.966. The number of H-pyrrole nitrogens is 1. The van der Waals surface area contributed by atoms with E-state index in [2.05, 4.69) is 17.2 Å². The van der Waals surface area contributed by atoms with Crippen molar-refractivity contribution < 1.29 is 9.53 Å². The monoisotopic (exact) mass is 272 g/mol. The van der Waals surface area contributed by atoms with Crippen LogP contribution in [0.2, 0.25) is 0 Å². The number of ether oxygens (including phenoxy) is 1. The first-order valence-electron chi connectivity index (χ1n) is 7.31. The van der Waals surface area contributed by atoms with Crippen LogP contribution in [0.3, 0.4) is 0 Å². The van der Waals surface area contributed by atoms with Gasteiger partial charge in [-0.2, -0.15) is 0 Å². The molecule has 20 heavy (non-hydrogen) atoms. The number of hydrogen-bond donors (Lipinski definition) is 2. The van der Waals surface area contributed by atoms with Crippen LogP contribution in [-0.4, -0.2) is 30.0 Å². The molecule has 0 bridgehead atoms. The Bertz CT molecular complexity index is 612. The molecule has 1 fully saturated rings. The van der Waals surface area contributed by atoms with E-state index in [1.54, 1.807) is 0 Å². The first kappa shape index (κ1) is 13.2. The van der Waals surface area contributed by atoms with Crippen molar-refractivity contribution in [2.75, 3.05) is 13.2 Å². The minimum atomic E-state index is -0.0479. The van der Waals surface area contributed by atoms with Crippen molar-refractivity contribution in [3.05, 3.63) is 30.0 Å². The van der Waals surface area contributed by atoms with E-state index < -0.39 is 0 Å². The maximum absolute atomic E-state index is 12.6. The molecule has 0 saturated carbocycles. The van der Waals surface area contributed by atoms with Gasteiger partial charge in [0, 0.05) is 17.3 Å². The van der Waals surface area contributed by atoms with Crippen molar-refractivity contribution >= 4 is 16.7 Å². The highest BCUT2D eigenvalue weighted by atomic mass is 16.5. The quantitative estimate of drug-likeness (QED) is 0.823. The molecule has 0 radical (unpaired) electrons. The summed E-state index contributed by atoms with van der Waals surface area (Å²) in [7, 11) is 0. The van der Waals surface area contributed by atoms with Crippen LogP contribution < -0.4 is 10.1 Å². The van der Waals surface area contributed by atoms with E-state index in [-0.39, 0.29) is 11.8 Å². The lowest BCUT2D eigenvalue weighted by molar-refractivity contribution is 0.0953. The highest BCUT2D eigenvalue weighted by molar-refractivity contribution is 6.12. The fourth-order valence-corrected chi connectivity index (χ4v) is 2.77. The summed E-state index contributed by atoms with van der Waals surface area (Å²) in [5, 5.41) is 4.18. The molecule has 1 saturated heterocycles. The van der Waals surface area contributed by atoms with Crippen molar-refractivity contribution in [1.29, 1.82) is 0 Å². The summed E-state index contributed by atoms with van der Waals surface area (Å²) in [6.45, 7) is 3.67. The van der Waals surface area contributed by atoms with Gasteiger partial charge in [0.2, 0.25) is 0 Å². The van der Waals surface area contributed by atoms with E-state index in [1.807, 2.05) is 24.4 Å². The van der Waals surface area contributed by atoms with E-state index in [1.165, 1.54) is 0 Å². The highest BCUT2D eigenvalue weighted by Gasteiger charge is 2.26. The average molecular weight is 272 g/mol. The van der Waals surface area contributed by atoms with Crippen molar-refractivity contribution in [3.8, 4) is 5.75 Å². The zero-order chi connectivity index (χ0) is 13.9. The first-order valence-corrected chi connectivity index (χ1v) is 7.31. The van der Waals surface area contributed by atoms with E-state index >= 15 is 0 Å². The predicted octanol–water partition coefficient (Wildman–Crippen LogP) is 2.89. The lowest BCUT2D eigenvalue weighted by Gasteiger charge is -2.10. The van der Waals surface area contributed by atoms with Gasteiger partial charge in [0.15, 0.2) is 5.78 Å². The van der Waals surface area contributed by atoms with Gasteiger partial charge in [-0.15, -0.1) is 0 Å². The topological polar surface area (TPSA) is 54.1 Å². The molecule has 1 aliphatic heterocycles. The average Bonchev–Trinajstić information content (AvgIpc) is 3.13. The van der Waals surface area contributed by atoms with Gasteiger partial charge in [0.05, 0.1) is 18.0 Å². The van der Waals surface area contributed by atoms with Crippen LogP contribution in [0.25, 0.3) is 10.9 Å². The molecule has 0 aliphatic carbocycles. The van der Waals surface area contributed by atoms with Crippen LogP contribution in [0.15, 0.2) is 24.4 Å². The van der Waals surface area contributed by atoms with Gasteiger partial charge in [-0.1, -0.05) is 13.0 Å². The molecular formula is C16H20N2O2. The SMILES string of the molecule is CCCOc1cccc2[nH]cc(C(=O)C3CCCN3)c12. The number of carbonyl (C=O) groups excluding carboxylic acids is 1. The summed E-state index contributed by atoms with van der Waals surface area (Å²) >= 11 is 0. The Morgan fingerprint density at radius 2 is 2.35 bits per heavy atom. The lowest BCUT2D eigenvalue weighted by Crippen LogP contribution is -2.30. The maximum atomic E-state index is 12.6. The van der Waals surface area contributed by atoms with Crippen LogP contribution in [0.1, 0.15) is 36.5 Å². The van der Waals surface area contributed by atoms with Crippen molar-refractivity contribution in [3.63, 3.8) is 0 Å².